The number of ether oxygens (including phenoxy) is 1. The van der Waals surface area contributed by atoms with E-state index >= 15 is 0 Å². The monoisotopic (exact) mass is 301 g/mol. The first-order chi connectivity index (χ1) is 9.63. The van der Waals surface area contributed by atoms with E-state index < -0.39 is 18.0 Å². The van der Waals surface area contributed by atoms with Crippen LogP contribution in [-0.4, -0.2) is 48.4 Å². The van der Waals surface area contributed by atoms with E-state index in [1.807, 2.05) is 5.38 Å². The molecule has 1 aromatic heterocycles. The average molecular weight is 301 g/mol. The van der Waals surface area contributed by atoms with Gasteiger partial charge in [-0.1, -0.05) is 0 Å². The topological polar surface area (TPSA) is 101 Å². The molecule has 0 aliphatic rings. The van der Waals surface area contributed by atoms with Crippen molar-refractivity contribution in [3.8, 4) is 0 Å². The summed E-state index contributed by atoms with van der Waals surface area (Å²) in [5, 5.41) is 16.0. The number of thiazole rings is 1. The molecule has 0 bridgehead atoms. The highest BCUT2D eigenvalue weighted by Crippen LogP contribution is 2.01. The minimum absolute atomic E-state index is 0.336. The van der Waals surface area contributed by atoms with Crippen LogP contribution in [0.4, 0.5) is 4.79 Å². The number of urea groups is 1. The molecule has 2 amide bonds. The number of carbonyl (C=O) groups excluding carboxylic acids is 1. The van der Waals surface area contributed by atoms with Gasteiger partial charge in [0.05, 0.1) is 11.2 Å². The number of methoxy groups -OCH3 is 1. The van der Waals surface area contributed by atoms with E-state index in [2.05, 4.69) is 15.6 Å². The van der Waals surface area contributed by atoms with Crippen LogP contribution in [0.5, 0.6) is 0 Å². The molecule has 7 nitrogen and oxygen atoms in total. The molecule has 8 heteroatoms. The normalized spacial score (nSPS) is 11.8. The van der Waals surface area contributed by atoms with E-state index in [9.17, 15) is 9.59 Å². The minimum Gasteiger partial charge on any atom is -0.480 e. The summed E-state index contributed by atoms with van der Waals surface area (Å²) >= 11 is 1.50. The van der Waals surface area contributed by atoms with Crippen molar-refractivity contribution in [3.63, 3.8) is 0 Å². The van der Waals surface area contributed by atoms with Crippen molar-refractivity contribution in [3.05, 3.63) is 16.6 Å². The zero-order valence-electron chi connectivity index (χ0n) is 11.3. The van der Waals surface area contributed by atoms with Crippen LogP contribution in [0, 0.1) is 0 Å². The fourth-order valence-corrected chi connectivity index (χ4v) is 2.16. The molecule has 112 valence electrons. The van der Waals surface area contributed by atoms with Gasteiger partial charge in [-0.05, 0) is 12.8 Å². The van der Waals surface area contributed by atoms with Gasteiger partial charge in [-0.15, -0.1) is 11.3 Å². The van der Waals surface area contributed by atoms with Crippen molar-refractivity contribution in [1.82, 2.24) is 15.6 Å². The van der Waals surface area contributed by atoms with Crippen LogP contribution in [0.3, 0.4) is 0 Å². The summed E-state index contributed by atoms with van der Waals surface area (Å²) in [6, 6.07) is -1.38. The highest BCUT2D eigenvalue weighted by Gasteiger charge is 2.19. The number of hydrogen-bond acceptors (Lipinski definition) is 5. The number of aromatic nitrogens is 1. The Hall–Kier alpha value is -1.67. The number of carboxylic acid groups (broad SMARTS) is 1. The van der Waals surface area contributed by atoms with Crippen LogP contribution in [0.1, 0.15) is 18.5 Å². The number of aliphatic carboxylic acids is 1. The maximum absolute atomic E-state index is 11.6. The first-order valence-corrected chi connectivity index (χ1v) is 7.21. The lowest BCUT2D eigenvalue weighted by atomic mass is 10.1. The number of rotatable bonds is 9. The Labute approximate surface area is 121 Å². The Morgan fingerprint density at radius 3 is 2.95 bits per heavy atom. The molecule has 1 unspecified atom stereocenters. The number of carboxylic acids is 1. The molecule has 20 heavy (non-hydrogen) atoms. The SMILES string of the molecule is COCCCC(NC(=O)NCCc1cscn1)C(=O)O. The third-order valence-corrected chi connectivity index (χ3v) is 3.23. The second kappa shape index (κ2) is 9.27. The van der Waals surface area contributed by atoms with Crippen molar-refractivity contribution in [2.75, 3.05) is 20.3 Å². The molecule has 0 saturated heterocycles. The van der Waals surface area contributed by atoms with Crippen LogP contribution in [-0.2, 0) is 16.0 Å². The van der Waals surface area contributed by atoms with E-state index in [4.69, 9.17) is 9.84 Å². The van der Waals surface area contributed by atoms with E-state index in [0.717, 1.165) is 5.69 Å². The Morgan fingerprint density at radius 2 is 2.35 bits per heavy atom. The molecular formula is C12H19N3O4S. The fraction of sp³-hybridized carbons (Fsp3) is 0.583. The number of carbonyl (C=O) groups is 2. The number of amides is 2. The van der Waals surface area contributed by atoms with E-state index in [-0.39, 0.29) is 0 Å². The quantitative estimate of drug-likeness (QED) is 0.587. The first kappa shape index (κ1) is 16.4. The summed E-state index contributed by atoms with van der Waals surface area (Å²) in [4.78, 5) is 26.7. The van der Waals surface area contributed by atoms with Crippen molar-refractivity contribution in [1.29, 1.82) is 0 Å². The summed E-state index contributed by atoms with van der Waals surface area (Å²) in [7, 11) is 1.55. The van der Waals surface area contributed by atoms with Gasteiger partial charge < -0.3 is 20.5 Å². The molecule has 1 heterocycles. The van der Waals surface area contributed by atoms with E-state index in [1.54, 1.807) is 12.6 Å². The van der Waals surface area contributed by atoms with Gasteiger partial charge in [0, 0.05) is 32.1 Å². The molecule has 0 radical (unpaired) electrons. The molecular weight excluding hydrogens is 282 g/mol. The molecule has 0 aliphatic carbocycles. The molecule has 0 saturated carbocycles. The summed E-state index contributed by atoms with van der Waals surface area (Å²) in [5.41, 5.74) is 2.64. The molecule has 1 aromatic rings. The van der Waals surface area contributed by atoms with Crippen LogP contribution in [0.15, 0.2) is 10.9 Å². The molecule has 0 aromatic carbocycles. The van der Waals surface area contributed by atoms with Crippen molar-refractivity contribution in [2.45, 2.75) is 25.3 Å². The van der Waals surface area contributed by atoms with Crippen molar-refractivity contribution < 1.29 is 19.4 Å². The summed E-state index contributed by atoms with van der Waals surface area (Å²) in [6.07, 6.45) is 1.54. The van der Waals surface area contributed by atoms with Gasteiger partial charge in [0.15, 0.2) is 0 Å². The zero-order chi connectivity index (χ0) is 14.8. The van der Waals surface area contributed by atoms with Crippen molar-refractivity contribution >= 4 is 23.3 Å². The standard InChI is InChI=1S/C12H19N3O4S/c1-19-6-2-3-10(11(16)17)15-12(18)13-5-4-9-7-20-8-14-9/h7-8,10H,2-6H2,1H3,(H,16,17)(H2,13,15,18). The van der Waals surface area contributed by atoms with Crippen molar-refractivity contribution in [2.24, 2.45) is 0 Å². The number of hydrogen-bond donors (Lipinski definition) is 3. The Balaban J connectivity index is 2.24. The van der Waals surface area contributed by atoms with Gasteiger partial charge in [0.1, 0.15) is 6.04 Å². The zero-order valence-corrected chi connectivity index (χ0v) is 12.1. The van der Waals surface area contributed by atoms with Crippen LogP contribution < -0.4 is 10.6 Å². The third kappa shape index (κ3) is 6.48. The van der Waals surface area contributed by atoms with Gasteiger partial charge >= 0.3 is 12.0 Å². The van der Waals surface area contributed by atoms with Gasteiger partial charge in [0.25, 0.3) is 0 Å². The van der Waals surface area contributed by atoms with E-state index in [1.165, 1.54) is 11.3 Å². The Bertz CT molecular complexity index is 411. The lowest BCUT2D eigenvalue weighted by Gasteiger charge is -2.14. The second-order valence-electron chi connectivity index (χ2n) is 4.16. The molecule has 1 atom stereocenters. The predicted octanol–water partition coefficient (Wildman–Crippen LogP) is 0.865. The molecule has 0 fully saturated rings. The smallest absolute Gasteiger partial charge is 0.326 e. The molecule has 0 spiro atoms. The van der Waals surface area contributed by atoms with E-state index in [0.29, 0.717) is 32.4 Å². The summed E-state index contributed by atoms with van der Waals surface area (Å²) in [5.74, 6) is -1.05. The highest BCUT2D eigenvalue weighted by atomic mass is 32.1. The second-order valence-corrected chi connectivity index (χ2v) is 4.87. The van der Waals surface area contributed by atoms with Gasteiger partial charge in [0.2, 0.25) is 0 Å². The van der Waals surface area contributed by atoms with Crippen LogP contribution in [0.25, 0.3) is 0 Å². The molecule has 0 aliphatic heterocycles. The maximum atomic E-state index is 11.6. The number of nitrogens with zero attached hydrogens (tertiary/aromatic N) is 1. The van der Waals surface area contributed by atoms with Crippen LogP contribution >= 0.6 is 11.3 Å². The Kier molecular flexibility index (Phi) is 7.59. The largest absolute Gasteiger partial charge is 0.480 e. The highest BCUT2D eigenvalue weighted by molar-refractivity contribution is 7.07. The van der Waals surface area contributed by atoms with Gasteiger partial charge in [-0.25, -0.2) is 14.6 Å². The Morgan fingerprint density at radius 1 is 1.55 bits per heavy atom. The number of nitrogens with one attached hydrogen (secondary N) is 2. The van der Waals surface area contributed by atoms with Gasteiger partial charge in [-0.2, -0.15) is 0 Å². The predicted molar refractivity (Wildman–Crippen MR) is 74.9 cm³/mol. The lowest BCUT2D eigenvalue weighted by molar-refractivity contribution is -0.139. The molecule has 3 N–H and O–H groups in total. The summed E-state index contributed by atoms with van der Waals surface area (Å²) < 4.78 is 4.86. The lowest BCUT2D eigenvalue weighted by Crippen LogP contribution is -2.46. The van der Waals surface area contributed by atoms with Crippen LogP contribution in [0.2, 0.25) is 0 Å². The van der Waals surface area contributed by atoms with Gasteiger partial charge in [-0.3, -0.25) is 0 Å². The fourth-order valence-electron chi connectivity index (χ4n) is 1.56. The first-order valence-electron chi connectivity index (χ1n) is 6.26. The molecule has 1 rings (SSSR count). The minimum atomic E-state index is -1.05. The third-order valence-electron chi connectivity index (χ3n) is 2.59. The maximum Gasteiger partial charge on any atom is 0.326 e. The average Bonchev–Trinajstić information content (AvgIpc) is 2.91. The summed E-state index contributed by atoms with van der Waals surface area (Å²) in [6.45, 7) is 0.886.